The van der Waals surface area contributed by atoms with Gasteiger partial charge in [-0.25, -0.2) is 23.2 Å². The largest absolute Gasteiger partial charge is 0.497 e. The number of hydrogen-bond acceptors (Lipinski definition) is 10. The number of rotatable bonds is 10. The Morgan fingerprint density at radius 1 is 0.902 bits per heavy atom. The highest BCUT2D eigenvalue weighted by Gasteiger charge is 2.29. The van der Waals surface area contributed by atoms with Gasteiger partial charge in [0.25, 0.3) is 11.5 Å². The van der Waals surface area contributed by atoms with Crippen LogP contribution in [0.15, 0.2) is 108 Å². The third-order valence-corrected chi connectivity index (χ3v) is 10.0. The monoisotopic (exact) mass is 829 g/mol. The molecule has 1 saturated heterocycles. The molecule has 0 saturated carbocycles. The topological polar surface area (TPSA) is 161 Å². The van der Waals surface area contributed by atoms with Crippen LogP contribution >= 0.6 is 0 Å². The first-order valence-electron chi connectivity index (χ1n) is 19.5. The third-order valence-electron chi connectivity index (χ3n) is 10.0. The molecule has 1 fully saturated rings. The minimum absolute atomic E-state index is 0.0245. The molecule has 8 rings (SSSR count). The minimum Gasteiger partial charge on any atom is -0.497 e. The number of benzene rings is 3. The van der Waals surface area contributed by atoms with E-state index in [2.05, 4.69) is 15.4 Å². The summed E-state index contributed by atoms with van der Waals surface area (Å²) in [5, 5.41) is 16.8. The van der Waals surface area contributed by atoms with E-state index in [1.807, 2.05) is 55.9 Å². The van der Waals surface area contributed by atoms with Crippen molar-refractivity contribution in [3.63, 3.8) is 0 Å². The molecule has 61 heavy (non-hydrogen) atoms. The summed E-state index contributed by atoms with van der Waals surface area (Å²) in [6.45, 7) is 6.92. The molecule has 1 aliphatic heterocycles. The van der Waals surface area contributed by atoms with Gasteiger partial charge in [0.05, 0.1) is 37.0 Å². The molecule has 312 valence electrons. The van der Waals surface area contributed by atoms with Crippen molar-refractivity contribution in [2.45, 2.75) is 51.8 Å². The number of fused-ring (bicyclic) bond motifs is 1. The molecule has 7 aromatic rings. The van der Waals surface area contributed by atoms with Gasteiger partial charge in [0.15, 0.2) is 17.2 Å². The van der Waals surface area contributed by atoms with Crippen molar-refractivity contribution in [3.8, 4) is 34.2 Å². The SMILES string of the molecule is COc1ccc(Cn2nc(-c3cnn(C4CCN(C(=O)OC(C)(C)C)CC4)c3)c3c(Oc4ccc(NC(=O)c5ccnn(-c6ccc(F)cc6)c5=O)cc4F)ccnc32)cc1. The van der Waals surface area contributed by atoms with Gasteiger partial charge in [-0.15, -0.1) is 0 Å². The first kappa shape index (κ1) is 40.4. The highest BCUT2D eigenvalue weighted by atomic mass is 19.1. The maximum atomic E-state index is 15.9. The van der Waals surface area contributed by atoms with Gasteiger partial charge in [0.2, 0.25) is 0 Å². The highest BCUT2D eigenvalue weighted by Crippen LogP contribution is 2.38. The Labute approximate surface area is 348 Å². The lowest BCUT2D eigenvalue weighted by Gasteiger charge is -2.33. The summed E-state index contributed by atoms with van der Waals surface area (Å²) in [4.78, 5) is 45.4. The number of ether oxygens (including phenoxy) is 3. The number of pyridine rings is 1. The summed E-state index contributed by atoms with van der Waals surface area (Å²) in [5.41, 5.74) is 1.35. The molecule has 0 radical (unpaired) electrons. The van der Waals surface area contributed by atoms with Crippen LogP contribution in [0.2, 0.25) is 0 Å². The van der Waals surface area contributed by atoms with Crippen LogP contribution in [0.1, 0.15) is 55.6 Å². The number of methoxy groups -OCH3 is 1. The lowest BCUT2D eigenvalue weighted by Crippen LogP contribution is -2.42. The van der Waals surface area contributed by atoms with Gasteiger partial charge in [-0.05, 0) is 99.8 Å². The third kappa shape index (κ3) is 8.80. The fourth-order valence-electron chi connectivity index (χ4n) is 7.00. The van der Waals surface area contributed by atoms with Crippen LogP contribution in [0.4, 0.5) is 19.3 Å². The molecule has 4 aromatic heterocycles. The van der Waals surface area contributed by atoms with E-state index in [0.29, 0.717) is 60.5 Å². The second-order valence-electron chi connectivity index (χ2n) is 15.4. The number of anilines is 1. The van der Waals surface area contributed by atoms with E-state index >= 15 is 4.39 Å². The van der Waals surface area contributed by atoms with Crippen LogP contribution < -0.4 is 20.3 Å². The Morgan fingerprint density at radius 3 is 2.36 bits per heavy atom. The molecule has 1 aliphatic rings. The molecule has 1 N–H and O–H groups in total. The molecule has 2 amide bonds. The zero-order valence-electron chi connectivity index (χ0n) is 33.7. The van der Waals surface area contributed by atoms with Crippen LogP contribution in [-0.4, -0.2) is 77.0 Å². The molecule has 15 nitrogen and oxygen atoms in total. The maximum absolute atomic E-state index is 15.9. The van der Waals surface area contributed by atoms with Gasteiger partial charge in [0.1, 0.15) is 34.2 Å². The number of hydrogen-bond donors (Lipinski definition) is 1. The van der Waals surface area contributed by atoms with Gasteiger partial charge < -0.3 is 24.4 Å². The molecule has 0 spiro atoms. The number of halogens is 2. The van der Waals surface area contributed by atoms with Crippen molar-refractivity contribution >= 4 is 28.7 Å². The molecule has 5 heterocycles. The zero-order valence-corrected chi connectivity index (χ0v) is 33.7. The van der Waals surface area contributed by atoms with E-state index in [1.165, 1.54) is 48.7 Å². The molecule has 0 bridgehead atoms. The Hall–Kier alpha value is -7.43. The summed E-state index contributed by atoms with van der Waals surface area (Å²) in [6, 6.07) is 19.4. The normalized spacial score (nSPS) is 13.3. The molecule has 3 aromatic carbocycles. The van der Waals surface area contributed by atoms with Crippen molar-refractivity contribution < 1.29 is 32.6 Å². The number of piperidine rings is 1. The van der Waals surface area contributed by atoms with Crippen molar-refractivity contribution in [2.75, 3.05) is 25.5 Å². The van der Waals surface area contributed by atoms with E-state index in [0.717, 1.165) is 16.3 Å². The highest BCUT2D eigenvalue weighted by molar-refractivity contribution is 6.04. The Kier molecular flexibility index (Phi) is 11.0. The van der Waals surface area contributed by atoms with E-state index < -0.39 is 28.7 Å². The van der Waals surface area contributed by atoms with Gasteiger partial charge in [-0.2, -0.15) is 20.0 Å². The van der Waals surface area contributed by atoms with Gasteiger partial charge >= 0.3 is 6.09 Å². The maximum Gasteiger partial charge on any atom is 0.410 e. The second kappa shape index (κ2) is 16.7. The molecular formula is C44H41F2N9O6. The molecule has 17 heteroatoms. The molecule has 0 atom stereocenters. The fraction of sp³-hybridized carbons (Fsp3) is 0.250. The number of aromatic nitrogens is 7. The first-order chi connectivity index (χ1) is 29.3. The van der Waals surface area contributed by atoms with Crippen LogP contribution in [0.5, 0.6) is 17.2 Å². The van der Waals surface area contributed by atoms with Crippen molar-refractivity contribution in [3.05, 3.63) is 137 Å². The second-order valence-corrected chi connectivity index (χ2v) is 15.4. The van der Waals surface area contributed by atoms with Crippen molar-refractivity contribution in [2.24, 2.45) is 0 Å². The lowest BCUT2D eigenvalue weighted by molar-refractivity contribution is 0.0184. The smallest absolute Gasteiger partial charge is 0.410 e. The number of likely N-dealkylation sites (tertiary alicyclic amines) is 1. The summed E-state index contributed by atoms with van der Waals surface area (Å²) in [6.07, 6.45) is 7.45. The van der Waals surface area contributed by atoms with Crippen molar-refractivity contribution in [1.29, 1.82) is 0 Å². The van der Waals surface area contributed by atoms with Crippen LogP contribution in [0, 0.1) is 11.6 Å². The van der Waals surface area contributed by atoms with Crippen LogP contribution in [-0.2, 0) is 11.3 Å². The summed E-state index contributed by atoms with van der Waals surface area (Å²) in [7, 11) is 1.60. The summed E-state index contributed by atoms with van der Waals surface area (Å²) < 4.78 is 51.1. The standard InChI is InChI=1S/C44H41F2N9O6/c1-44(2,3)61-43(58)52-21-17-31(18-22-52)53-26-28(24-49-53)39-38-37(16-19-47-40(38)54(51-39)25-27-5-12-33(59-4)13-6-27)60-36-14-9-30(23-35(36)46)50-41(56)34-15-20-48-55(42(34)57)32-10-7-29(45)8-11-32/h5-16,19-20,23-24,26,31H,17-18,21-22,25H2,1-4H3,(H,50,56). The predicted molar refractivity (Wildman–Crippen MR) is 221 cm³/mol. The summed E-state index contributed by atoms with van der Waals surface area (Å²) >= 11 is 0. The zero-order chi connectivity index (χ0) is 42.8. The molecular weight excluding hydrogens is 789 g/mol. The van der Waals surface area contributed by atoms with E-state index in [1.54, 1.807) is 35.2 Å². The van der Waals surface area contributed by atoms with E-state index in [-0.39, 0.29) is 40.6 Å². The van der Waals surface area contributed by atoms with Crippen LogP contribution in [0.25, 0.3) is 28.0 Å². The summed E-state index contributed by atoms with van der Waals surface area (Å²) in [5.74, 6) is -1.24. The Bertz CT molecular complexity index is 2790. The quantitative estimate of drug-likeness (QED) is 0.144. The van der Waals surface area contributed by atoms with Crippen molar-refractivity contribution in [1.82, 2.24) is 39.2 Å². The number of carbonyl (C=O) groups is 2. The van der Waals surface area contributed by atoms with Gasteiger partial charge in [-0.1, -0.05) is 12.1 Å². The predicted octanol–water partition coefficient (Wildman–Crippen LogP) is 7.79. The average molecular weight is 830 g/mol. The molecule has 0 unspecified atom stereocenters. The van der Waals surface area contributed by atoms with Gasteiger partial charge in [-0.3, -0.25) is 14.3 Å². The van der Waals surface area contributed by atoms with E-state index in [9.17, 15) is 18.8 Å². The Balaban J connectivity index is 1.06. The van der Waals surface area contributed by atoms with E-state index in [4.69, 9.17) is 24.4 Å². The first-order valence-corrected chi connectivity index (χ1v) is 19.5. The average Bonchev–Trinajstić information content (AvgIpc) is 3.88. The lowest BCUT2D eigenvalue weighted by atomic mass is 10.1. The minimum atomic E-state index is -0.796. The number of nitrogens with zero attached hydrogens (tertiary/aromatic N) is 8. The number of carbonyl (C=O) groups excluding carboxylic acids is 2. The number of amides is 2. The Morgan fingerprint density at radius 2 is 1.66 bits per heavy atom. The number of nitrogens with one attached hydrogen (secondary N) is 1. The van der Waals surface area contributed by atoms with Crippen LogP contribution in [0.3, 0.4) is 0 Å². The fourth-order valence-corrected chi connectivity index (χ4v) is 7.00. The molecule has 0 aliphatic carbocycles. The van der Waals surface area contributed by atoms with Gasteiger partial charge in [0, 0.05) is 49.0 Å².